The van der Waals surface area contributed by atoms with Crippen molar-refractivity contribution in [3.8, 4) is 0 Å². The van der Waals surface area contributed by atoms with Gasteiger partial charge in [0.2, 0.25) is 0 Å². The molecule has 0 radical (unpaired) electrons. The lowest BCUT2D eigenvalue weighted by Crippen LogP contribution is -2.53. The van der Waals surface area contributed by atoms with Crippen LogP contribution in [-0.4, -0.2) is 49.5 Å². The van der Waals surface area contributed by atoms with E-state index in [4.69, 9.17) is 0 Å². The van der Waals surface area contributed by atoms with Crippen LogP contribution in [0.5, 0.6) is 0 Å². The lowest BCUT2D eigenvalue weighted by atomic mass is 9.79. The predicted molar refractivity (Wildman–Crippen MR) is 148 cm³/mol. The topological polar surface area (TPSA) is 101 Å². The summed E-state index contributed by atoms with van der Waals surface area (Å²) in [6, 6.07) is 3.98. The van der Waals surface area contributed by atoms with Crippen LogP contribution in [0.15, 0.2) is 47.4 Å². The molecule has 2 aromatic rings. The molecule has 47 heavy (non-hydrogen) atoms. The van der Waals surface area contributed by atoms with Gasteiger partial charge < -0.3 is 10.4 Å². The fourth-order valence-electron chi connectivity index (χ4n) is 7.60. The number of benzene rings is 2. The quantitative estimate of drug-likeness (QED) is 0.250. The standard InChI is InChI=1S/C31H30F9NO5S/c32-20-5-7-21(8-6-20)47(45,46)28-15-12-24(41-26(44)27(33)13-10-17(11-14-27)25(42)43)23(28)3-1-2-18-16-19(4-9-22(18)28)29(34,30(35,36)37)31(38,39)40/h4-9,16-17,23-24H,1-3,10-15H2,(H,41,44)(H,42,43)/t17-,23-,24+,27+,28+/m0/s1. The van der Waals surface area contributed by atoms with Crippen LogP contribution < -0.4 is 5.32 Å². The van der Waals surface area contributed by atoms with Crippen molar-refractivity contribution >= 4 is 21.7 Å². The van der Waals surface area contributed by atoms with E-state index in [9.17, 15) is 53.8 Å². The van der Waals surface area contributed by atoms with Gasteiger partial charge in [-0.1, -0.05) is 18.2 Å². The van der Waals surface area contributed by atoms with Gasteiger partial charge in [0.05, 0.1) is 10.8 Å². The first kappa shape index (κ1) is 35.0. The highest BCUT2D eigenvalue weighted by Crippen LogP contribution is 2.58. The minimum atomic E-state index is -6.40. The van der Waals surface area contributed by atoms with E-state index < -0.39 is 97.1 Å². The molecule has 3 aliphatic rings. The van der Waals surface area contributed by atoms with Gasteiger partial charge >= 0.3 is 24.0 Å². The molecule has 2 saturated carbocycles. The number of carbonyl (C=O) groups excluding carboxylic acids is 1. The van der Waals surface area contributed by atoms with E-state index in [-0.39, 0.29) is 62.1 Å². The fraction of sp³-hybridized carbons (Fsp3) is 0.548. The largest absolute Gasteiger partial charge is 0.481 e. The number of aryl methyl sites for hydroxylation is 1. The van der Waals surface area contributed by atoms with Crippen molar-refractivity contribution < 1.29 is 62.6 Å². The monoisotopic (exact) mass is 699 g/mol. The third kappa shape index (κ3) is 5.57. The second kappa shape index (κ2) is 11.7. The van der Waals surface area contributed by atoms with E-state index >= 15 is 8.78 Å². The van der Waals surface area contributed by atoms with Gasteiger partial charge in [-0.2, -0.15) is 26.3 Å². The highest BCUT2D eigenvalue weighted by Gasteiger charge is 2.73. The van der Waals surface area contributed by atoms with Gasteiger partial charge in [0.15, 0.2) is 15.5 Å². The minimum Gasteiger partial charge on any atom is -0.481 e. The molecule has 1 amide bonds. The number of carboxylic acid groups (broad SMARTS) is 1. The molecule has 6 nitrogen and oxygen atoms in total. The number of fused-ring (bicyclic) bond motifs is 3. The van der Waals surface area contributed by atoms with Crippen molar-refractivity contribution in [1.82, 2.24) is 5.32 Å². The van der Waals surface area contributed by atoms with Crippen LogP contribution in [0.4, 0.5) is 39.5 Å². The molecule has 258 valence electrons. The molecule has 2 fully saturated rings. The predicted octanol–water partition coefficient (Wildman–Crippen LogP) is 7.00. The van der Waals surface area contributed by atoms with E-state index in [1.165, 1.54) is 0 Å². The Hall–Kier alpha value is -3.30. The molecule has 0 unspecified atom stereocenters. The Morgan fingerprint density at radius 1 is 0.851 bits per heavy atom. The number of aliphatic carboxylic acids is 1. The summed E-state index contributed by atoms with van der Waals surface area (Å²) >= 11 is 0. The number of rotatable bonds is 6. The normalized spacial score (nSPS) is 28.6. The van der Waals surface area contributed by atoms with Crippen molar-refractivity contribution in [3.63, 3.8) is 0 Å². The number of carboxylic acids is 1. The zero-order valence-electron chi connectivity index (χ0n) is 24.5. The number of amides is 1. The van der Waals surface area contributed by atoms with Gasteiger partial charge in [0.1, 0.15) is 10.6 Å². The Morgan fingerprint density at radius 2 is 1.45 bits per heavy atom. The van der Waals surface area contributed by atoms with Crippen molar-refractivity contribution in [2.45, 2.75) is 97.2 Å². The van der Waals surface area contributed by atoms with E-state index in [0.717, 1.165) is 30.3 Å². The second-order valence-corrected chi connectivity index (χ2v) is 14.8. The summed E-state index contributed by atoms with van der Waals surface area (Å²) in [6.07, 6.45) is -14.5. The zero-order valence-corrected chi connectivity index (χ0v) is 25.3. The molecule has 3 aliphatic carbocycles. The highest BCUT2D eigenvalue weighted by molar-refractivity contribution is 7.92. The van der Waals surface area contributed by atoms with Gasteiger partial charge in [-0.15, -0.1) is 0 Å². The molecule has 0 saturated heterocycles. The van der Waals surface area contributed by atoms with Crippen LogP contribution in [0.1, 0.15) is 68.1 Å². The van der Waals surface area contributed by atoms with Crippen LogP contribution in [-0.2, 0) is 36.3 Å². The van der Waals surface area contributed by atoms with Crippen molar-refractivity contribution in [2.24, 2.45) is 11.8 Å². The van der Waals surface area contributed by atoms with Crippen LogP contribution in [0, 0.1) is 17.7 Å². The van der Waals surface area contributed by atoms with Gasteiger partial charge in [-0.05, 0) is 93.2 Å². The first-order valence-corrected chi connectivity index (χ1v) is 16.4. The molecule has 5 rings (SSSR count). The van der Waals surface area contributed by atoms with E-state index in [1.54, 1.807) is 0 Å². The maximum absolute atomic E-state index is 15.8. The molecule has 0 aliphatic heterocycles. The molecular weight excluding hydrogens is 669 g/mol. The number of hydrogen-bond acceptors (Lipinski definition) is 4. The Bertz CT molecular complexity index is 1640. The Morgan fingerprint density at radius 3 is 2.00 bits per heavy atom. The summed E-state index contributed by atoms with van der Waals surface area (Å²) in [6.45, 7) is 0. The van der Waals surface area contributed by atoms with Crippen molar-refractivity contribution in [1.29, 1.82) is 0 Å². The second-order valence-electron chi connectivity index (χ2n) is 12.6. The van der Waals surface area contributed by atoms with E-state index in [1.807, 2.05) is 0 Å². The minimum absolute atomic E-state index is 0.00651. The smallest absolute Gasteiger partial charge is 0.435 e. The first-order valence-electron chi connectivity index (χ1n) is 14.9. The maximum atomic E-state index is 15.8. The molecule has 0 spiro atoms. The van der Waals surface area contributed by atoms with Gasteiger partial charge in [0.25, 0.3) is 5.91 Å². The number of alkyl halides is 8. The summed E-state index contributed by atoms with van der Waals surface area (Å²) in [4.78, 5) is 24.2. The zero-order chi connectivity index (χ0) is 34.8. The van der Waals surface area contributed by atoms with Gasteiger partial charge in [0, 0.05) is 17.5 Å². The number of carbonyl (C=O) groups is 2. The molecule has 16 heteroatoms. The highest BCUT2D eigenvalue weighted by atomic mass is 32.2. The molecular formula is C31H30F9NO5S. The number of hydrogen-bond donors (Lipinski definition) is 2. The Labute approximate surface area is 263 Å². The van der Waals surface area contributed by atoms with Gasteiger partial charge in [-0.25, -0.2) is 21.6 Å². The number of sulfone groups is 1. The maximum Gasteiger partial charge on any atom is 0.435 e. The third-order valence-electron chi connectivity index (χ3n) is 10.1. The summed E-state index contributed by atoms with van der Waals surface area (Å²) in [7, 11) is -4.66. The number of halogens is 9. The fourth-order valence-corrected chi connectivity index (χ4v) is 10.1. The molecule has 2 aromatic carbocycles. The third-order valence-corrected chi connectivity index (χ3v) is 12.6. The Balaban J connectivity index is 1.61. The summed E-state index contributed by atoms with van der Waals surface area (Å²) in [5.41, 5.74) is -10.4. The lowest BCUT2D eigenvalue weighted by Gasteiger charge is -2.39. The SMILES string of the molecule is O=C(O)[C@H]1CC[C@](F)(C(=O)N[C@@H]2CC[C@@]3(S(=O)(=O)c4ccc(F)cc4)c4ccc(C(F)(C(F)(F)F)C(F)(F)F)cc4CCC[C@@H]23)CC1. The average molecular weight is 700 g/mol. The molecule has 0 heterocycles. The average Bonchev–Trinajstić information content (AvgIpc) is 3.25. The summed E-state index contributed by atoms with van der Waals surface area (Å²) in [5.74, 6) is -4.92. The first-order chi connectivity index (χ1) is 21.7. The van der Waals surface area contributed by atoms with Crippen molar-refractivity contribution in [2.75, 3.05) is 0 Å². The molecule has 0 bridgehead atoms. The van der Waals surface area contributed by atoms with Gasteiger partial charge in [-0.3, -0.25) is 9.59 Å². The summed E-state index contributed by atoms with van der Waals surface area (Å²) < 4.78 is 153. The molecule has 3 atom stereocenters. The summed E-state index contributed by atoms with van der Waals surface area (Å²) in [5, 5.41) is 11.8. The van der Waals surface area contributed by atoms with Crippen LogP contribution in [0.25, 0.3) is 0 Å². The van der Waals surface area contributed by atoms with Crippen molar-refractivity contribution in [3.05, 3.63) is 65.0 Å². The van der Waals surface area contributed by atoms with Crippen LogP contribution in [0.3, 0.4) is 0 Å². The van der Waals surface area contributed by atoms with E-state index in [0.29, 0.717) is 6.07 Å². The Kier molecular flexibility index (Phi) is 8.71. The van der Waals surface area contributed by atoms with E-state index in [2.05, 4.69) is 5.32 Å². The molecule has 0 aromatic heterocycles. The lowest BCUT2D eigenvalue weighted by molar-refractivity contribution is -0.348. The number of nitrogens with one attached hydrogen (secondary N) is 1. The van der Waals surface area contributed by atoms with Crippen LogP contribution in [0.2, 0.25) is 0 Å². The van der Waals surface area contributed by atoms with Crippen LogP contribution >= 0.6 is 0 Å². The molecule has 2 N–H and O–H groups in total.